The van der Waals surface area contributed by atoms with Gasteiger partial charge in [0.2, 0.25) is 5.91 Å². The van der Waals surface area contributed by atoms with E-state index < -0.39 is 18.1 Å². The van der Waals surface area contributed by atoms with E-state index in [0.29, 0.717) is 18.9 Å². The van der Waals surface area contributed by atoms with Crippen LogP contribution in [-0.2, 0) is 14.3 Å². The van der Waals surface area contributed by atoms with Crippen LogP contribution < -0.4 is 10.6 Å². The van der Waals surface area contributed by atoms with Gasteiger partial charge in [0.25, 0.3) is 0 Å². The fourth-order valence-corrected chi connectivity index (χ4v) is 5.16. The van der Waals surface area contributed by atoms with E-state index in [0.717, 1.165) is 41.5 Å². The zero-order chi connectivity index (χ0) is 24.1. The molecule has 0 radical (unpaired) electrons. The summed E-state index contributed by atoms with van der Waals surface area (Å²) in [4.78, 5) is 36.1. The van der Waals surface area contributed by atoms with Gasteiger partial charge in [-0.25, -0.2) is 4.79 Å². The third kappa shape index (κ3) is 5.41. The fourth-order valence-electron chi connectivity index (χ4n) is 5.16. The summed E-state index contributed by atoms with van der Waals surface area (Å²) in [6.07, 6.45) is 2.47. The maximum Gasteiger partial charge on any atom is 0.407 e. The molecule has 0 saturated heterocycles. The highest BCUT2D eigenvalue weighted by molar-refractivity contribution is 5.85. The molecule has 0 bridgehead atoms. The number of nitrogens with one attached hydrogen (secondary N) is 2. The number of carbonyl (C=O) groups excluding carboxylic acids is 2. The fraction of sp³-hybridized carbons (Fsp3) is 0.444. The lowest BCUT2D eigenvalue weighted by molar-refractivity contribution is -0.139. The second-order valence-corrected chi connectivity index (χ2v) is 9.36. The van der Waals surface area contributed by atoms with E-state index in [1.807, 2.05) is 31.2 Å². The maximum absolute atomic E-state index is 12.7. The molecule has 2 aromatic carbocycles. The predicted octanol–water partition coefficient (Wildman–Crippen LogP) is 4.31. The number of aliphatic carboxylic acids is 1. The average Bonchev–Trinajstić information content (AvgIpc) is 3.12. The number of hydrogen-bond donors (Lipinski definition) is 3. The van der Waals surface area contributed by atoms with E-state index >= 15 is 0 Å². The minimum Gasteiger partial charge on any atom is -0.481 e. The lowest BCUT2D eigenvalue weighted by Crippen LogP contribution is -2.49. The molecule has 2 amide bonds. The molecule has 0 aromatic heterocycles. The van der Waals surface area contributed by atoms with Gasteiger partial charge in [-0.2, -0.15) is 0 Å². The third-order valence-electron chi connectivity index (χ3n) is 6.89. The van der Waals surface area contributed by atoms with Crippen LogP contribution in [0.5, 0.6) is 0 Å². The van der Waals surface area contributed by atoms with Crippen molar-refractivity contribution in [3.05, 3.63) is 59.7 Å². The Balaban J connectivity index is 1.28. The largest absolute Gasteiger partial charge is 0.481 e. The second kappa shape index (κ2) is 10.7. The van der Waals surface area contributed by atoms with Crippen molar-refractivity contribution < 1.29 is 24.2 Å². The smallest absolute Gasteiger partial charge is 0.407 e. The standard InChI is InChI=1S/C27H32N2O5/c1-2-7-24(26(32)28-15-18-12-17(13-18)14-25(30)31)29-27(33)34-16-23-21-10-5-3-8-19(21)20-9-4-6-11-22(20)23/h3-6,8-11,17-18,23-24H,2,7,12-16H2,1H3,(H,28,32)(H,29,33)(H,30,31). The van der Waals surface area contributed by atoms with Crippen molar-refractivity contribution in [1.29, 1.82) is 0 Å². The summed E-state index contributed by atoms with van der Waals surface area (Å²) in [7, 11) is 0. The minimum absolute atomic E-state index is 0.0334. The number of hydrogen-bond acceptors (Lipinski definition) is 4. The van der Waals surface area contributed by atoms with E-state index in [2.05, 4.69) is 34.9 Å². The highest BCUT2D eigenvalue weighted by Crippen LogP contribution is 2.44. The number of alkyl carbamates (subject to hydrolysis) is 1. The number of fused-ring (bicyclic) bond motifs is 3. The lowest BCUT2D eigenvalue weighted by Gasteiger charge is -2.34. The number of carbonyl (C=O) groups is 3. The van der Waals surface area contributed by atoms with Crippen LogP contribution in [0.4, 0.5) is 4.79 Å². The summed E-state index contributed by atoms with van der Waals surface area (Å²) in [5.74, 6) is -0.538. The van der Waals surface area contributed by atoms with E-state index in [1.54, 1.807) is 0 Å². The Kier molecular flexibility index (Phi) is 7.50. The van der Waals surface area contributed by atoms with Gasteiger partial charge in [-0.15, -0.1) is 0 Å². The number of amides is 2. The summed E-state index contributed by atoms with van der Waals surface area (Å²) in [6, 6.07) is 15.6. The Morgan fingerprint density at radius 1 is 1.00 bits per heavy atom. The van der Waals surface area contributed by atoms with Gasteiger partial charge in [0, 0.05) is 18.9 Å². The molecular formula is C27H32N2O5. The topological polar surface area (TPSA) is 105 Å². The van der Waals surface area contributed by atoms with Gasteiger partial charge in [-0.05, 0) is 53.4 Å². The van der Waals surface area contributed by atoms with Crippen molar-refractivity contribution in [2.75, 3.05) is 13.2 Å². The maximum atomic E-state index is 12.7. The van der Waals surface area contributed by atoms with Crippen LogP contribution in [0.1, 0.15) is 56.1 Å². The third-order valence-corrected chi connectivity index (χ3v) is 6.89. The van der Waals surface area contributed by atoms with Gasteiger partial charge in [0.1, 0.15) is 12.6 Å². The van der Waals surface area contributed by atoms with Crippen LogP contribution in [0.2, 0.25) is 0 Å². The van der Waals surface area contributed by atoms with Gasteiger partial charge in [-0.1, -0.05) is 61.9 Å². The van der Waals surface area contributed by atoms with Crippen LogP contribution in [0.25, 0.3) is 11.1 Å². The molecule has 34 heavy (non-hydrogen) atoms. The molecule has 7 heteroatoms. The first-order chi connectivity index (χ1) is 16.5. The van der Waals surface area contributed by atoms with Crippen LogP contribution in [0, 0.1) is 11.8 Å². The summed E-state index contributed by atoms with van der Waals surface area (Å²) in [5, 5.41) is 14.5. The zero-order valence-electron chi connectivity index (χ0n) is 19.5. The van der Waals surface area contributed by atoms with E-state index in [-0.39, 0.29) is 30.8 Å². The molecule has 4 rings (SSSR count). The molecule has 0 heterocycles. The van der Waals surface area contributed by atoms with Crippen molar-refractivity contribution in [2.45, 2.75) is 51.0 Å². The van der Waals surface area contributed by atoms with Crippen LogP contribution in [-0.4, -0.2) is 42.3 Å². The number of carboxylic acid groups (broad SMARTS) is 1. The van der Waals surface area contributed by atoms with E-state index in [9.17, 15) is 14.4 Å². The molecule has 2 aliphatic rings. The Hall–Kier alpha value is -3.35. The van der Waals surface area contributed by atoms with Crippen molar-refractivity contribution in [1.82, 2.24) is 10.6 Å². The lowest BCUT2D eigenvalue weighted by atomic mass is 9.73. The normalized spacial score (nSPS) is 19.3. The SMILES string of the molecule is CCCC(NC(=O)OCC1c2ccccc2-c2ccccc21)C(=O)NCC1CC(CC(=O)O)C1. The first kappa shape index (κ1) is 23.8. The molecule has 3 N–H and O–H groups in total. The molecule has 0 spiro atoms. The quantitative estimate of drug-likeness (QED) is 0.486. The second-order valence-electron chi connectivity index (χ2n) is 9.36. The Morgan fingerprint density at radius 3 is 2.21 bits per heavy atom. The number of ether oxygens (including phenoxy) is 1. The minimum atomic E-state index is -0.775. The molecular weight excluding hydrogens is 432 g/mol. The van der Waals surface area contributed by atoms with Gasteiger partial charge in [0.05, 0.1) is 0 Å². The van der Waals surface area contributed by atoms with Crippen LogP contribution >= 0.6 is 0 Å². The Morgan fingerprint density at radius 2 is 1.62 bits per heavy atom. The highest BCUT2D eigenvalue weighted by Gasteiger charge is 2.32. The van der Waals surface area contributed by atoms with Gasteiger partial charge in [-0.3, -0.25) is 9.59 Å². The number of carboxylic acids is 1. The van der Waals surface area contributed by atoms with Gasteiger partial charge < -0.3 is 20.5 Å². The molecule has 180 valence electrons. The monoisotopic (exact) mass is 464 g/mol. The Bertz CT molecular complexity index is 1000. The Labute approximate surface area is 199 Å². The van der Waals surface area contributed by atoms with Crippen molar-refractivity contribution >= 4 is 18.0 Å². The van der Waals surface area contributed by atoms with Crippen LogP contribution in [0.15, 0.2) is 48.5 Å². The van der Waals surface area contributed by atoms with Crippen LogP contribution in [0.3, 0.4) is 0 Å². The summed E-state index contributed by atoms with van der Waals surface area (Å²) >= 11 is 0. The molecule has 2 aromatic rings. The zero-order valence-corrected chi connectivity index (χ0v) is 19.5. The van der Waals surface area contributed by atoms with Gasteiger partial charge >= 0.3 is 12.1 Å². The molecule has 1 saturated carbocycles. The molecule has 1 fully saturated rings. The van der Waals surface area contributed by atoms with Crippen molar-refractivity contribution in [3.8, 4) is 11.1 Å². The summed E-state index contributed by atoms with van der Waals surface area (Å²) in [5.41, 5.74) is 4.61. The van der Waals surface area contributed by atoms with Crippen molar-refractivity contribution in [2.24, 2.45) is 11.8 Å². The predicted molar refractivity (Wildman–Crippen MR) is 128 cm³/mol. The molecule has 1 unspecified atom stereocenters. The van der Waals surface area contributed by atoms with Gasteiger partial charge in [0.15, 0.2) is 0 Å². The first-order valence-electron chi connectivity index (χ1n) is 12.1. The summed E-state index contributed by atoms with van der Waals surface area (Å²) < 4.78 is 5.59. The van der Waals surface area contributed by atoms with E-state index in [4.69, 9.17) is 9.84 Å². The first-order valence-corrected chi connectivity index (χ1v) is 12.1. The van der Waals surface area contributed by atoms with Crippen molar-refractivity contribution in [3.63, 3.8) is 0 Å². The molecule has 0 aliphatic heterocycles. The number of rotatable bonds is 10. The highest BCUT2D eigenvalue weighted by atomic mass is 16.5. The average molecular weight is 465 g/mol. The molecule has 2 aliphatic carbocycles. The molecule has 7 nitrogen and oxygen atoms in total. The van der Waals surface area contributed by atoms with E-state index in [1.165, 1.54) is 0 Å². The molecule has 1 atom stereocenters. The summed E-state index contributed by atoms with van der Waals surface area (Å²) in [6.45, 7) is 2.66. The number of benzene rings is 2.